The number of halogens is 2. The zero-order valence-corrected chi connectivity index (χ0v) is 21.6. The predicted octanol–water partition coefficient (Wildman–Crippen LogP) is 6.14. The monoisotopic (exact) mass is 529 g/mol. The standard InChI is InChI=1S/C26H25Cl2N3O3S/c1-14(2)21-23(24(32)30-13-3-4-19(30)25(33)34)35-26-29-20(15-5-9-17(27)10-6-15)22(31(21)26)16-7-11-18(28)12-8-16/h5-12,14,19-20,22H,3-4,13H2,1-2H3,(H,33,34)/t19-,20-,22+/m0/s1. The van der Waals surface area contributed by atoms with Gasteiger partial charge < -0.3 is 14.9 Å². The lowest BCUT2D eigenvalue weighted by Gasteiger charge is -2.32. The van der Waals surface area contributed by atoms with Crippen LogP contribution in [0.1, 0.15) is 49.9 Å². The maximum absolute atomic E-state index is 13.7. The van der Waals surface area contributed by atoms with Crippen molar-refractivity contribution in [3.63, 3.8) is 0 Å². The van der Waals surface area contributed by atoms with E-state index in [1.165, 1.54) is 16.7 Å². The van der Waals surface area contributed by atoms with Crippen molar-refractivity contribution in [2.24, 2.45) is 10.9 Å². The Hall–Kier alpha value is -2.48. The molecule has 0 radical (unpaired) electrons. The van der Waals surface area contributed by atoms with Crippen LogP contribution in [0.4, 0.5) is 0 Å². The summed E-state index contributed by atoms with van der Waals surface area (Å²) in [7, 11) is 0. The van der Waals surface area contributed by atoms with Gasteiger partial charge in [-0.3, -0.25) is 9.79 Å². The van der Waals surface area contributed by atoms with Gasteiger partial charge >= 0.3 is 5.97 Å². The van der Waals surface area contributed by atoms with Crippen molar-refractivity contribution in [3.8, 4) is 0 Å². The third kappa shape index (κ3) is 4.34. The lowest BCUT2D eigenvalue weighted by molar-refractivity contribution is -0.146. The molecule has 0 bridgehead atoms. The van der Waals surface area contributed by atoms with Crippen molar-refractivity contribution in [1.82, 2.24) is 9.80 Å². The number of aliphatic carboxylic acids is 1. The molecule has 3 atom stereocenters. The number of amides is 1. The summed E-state index contributed by atoms with van der Waals surface area (Å²) in [5, 5.41) is 11.7. The molecule has 0 saturated carbocycles. The van der Waals surface area contributed by atoms with Gasteiger partial charge in [-0.05, 0) is 65.9 Å². The molecule has 3 aliphatic heterocycles. The van der Waals surface area contributed by atoms with Crippen molar-refractivity contribution >= 4 is 52.0 Å². The molecule has 1 saturated heterocycles. The molecular formula is C26H25Cl2N3O3S. The molecule has 0 aromatic heterocycles. The SMILES string of the molecule is CC(C)C1=C(C(=O)N2CCC[C@H]2C(=O)O)SC2=N[C@@H](c3ccc(Cl)cc3)[C@@H](c3ccc(Cl)cc3)N21. The van der Waals surface area contributed by atoms with E-state index < -0.39 is 12.0 Å². The van der Waals surface area contributed by atoms with E-state index in [1.807, 2.05) is 48.5 Å². The molecule has 3 heterocycles. The molecule has 35 heavy (non-hydrogen) atoms. The summed E-state index contributed by atoms with van der Waals surface area (Å²) in [6, 6.07) is 14.3. The highest BCUT2D eigenvalue weighted by Crippen LogP contribution is 2.53. The van der Waals surface area contributed by atoms with Crippen LogP contribution >= 0.6 is 35.0 Å². The number of hydrogen-bond acceptors (Lipinski definition) is 5. The number of carbonyl (C=O) groups excluding carboxylic acids is 1. The van der Waals surface area contributed by atoms with Crippen molar-refractivity contribution in [2.45, 2.75) is 44.8 Å². The molecule has 1 N–H and O–H groups in total. The highest BCUT2D eigenvalue weighted by atomic mass is 35.5. The Morgan fingerprint density at radius 2 is 1.63 bits per heavy atom. The quantitative estimate of drug-likeness (QED) is 0.503. The van der Waals surface area contributed by atoms with Crippen molar-refractivity contribution in [3.05, 3.63) is 80.3 Å². The fourth-order valence-corrected chi connectivity index (χ4v) is 6.65. The number of carboxylic acid groups (broad SMARTS) is 1. The molecule has 5 rings (SSSR count). The first kappa shape index (κ1) is 24.2. The Balaban J connectivity index is 1.59. The van der Waals surface area contributed by atoms with Crippen molar-refractivity contribution in [2.75, 3.05) is 6.54 Å². The minimum absolute atomic E-state index is 0.0267. The van der Waals surface area contributed by atoms with Gasteiger partial charge in [0.05, 0.1) is 6.04 Å². The second kappa shape index (κ2) is 9.52. The fraction of sp³-hybridized carbons (Fsp3) is 0.346. The minimum atomic E-state index is -0.953. The molecule has 1 amide bonds. The van der Waals surface area contributed by atoms with E-state index >= 15 is 0 Å². The Labute approximate surface area is 218 Å². The molecule has 1 fully saturated rings. The first-order chi connectivity index (χ1) is 16.8. The summed E-state index contributed by atoms with van der Waals surface area (Å²) in [5.74, 6) is -1.15. The first-order valence-electron chi connectivity index (χ1n) is 11.6. The van der Waals surface area contributed by atoms with Gasteiger partial charge in [0.2, 0.25) is 0 Å². The summed E-state index contributed by atoms with van der Waals surface area (Å²) in [5.41, 5.74) is 2.94. The summed E-state index contributed by atoms with van der Waals surface area (Å²) >= 11 is 13.7. The Kier molecular flexibility index (Phi) is 6.59. The molecule has 9 heteroatoms. The van der Waals surface area contributed by atoms with Crippen LogP contribution in [0.3, 0.4) is 0 Å². The van der Waals surface area contributed by atoms with Crippen LogP contribution < -0.4 is 0 Å². The highest BCUT2D eigenvalue weighted by Gasteiger charge is 2.48. The van der Waals surface area contributed by atoms with Gasteiger partial charge in [0.25, 0.3) is 5.91 Å². The van der Waals surface area contributed by atoms with Crippen LogP contribution in [0.15, 0.2) is 64.1 Å². The van der Waals surface area contributed by atoms with E-state index in [-0.39, 0.29) is 23.9 Å². The van der Waals surface area contributed by atoms with Crippen LogP contribution in [0.2, 0.25) is 10.0 Å². The number of carbonyl (C=O) groups is 2. The fourth-order valence-electron chi connectivity index (χ4n) is 5.09. The van der Waals surface area contributed by atoms with Crippen LogP contribution in [0.25, 0.3) is 0 Å². The predicted molar refractivity (Wildman–Crippen MR) is 139 cm³/mol. The Morgan fingerprint density at radius 3 is 2.20 bits per heavy atom. The van der Waals surface area contributed by atoms with E-state index in [0.29, 0.717) is 34.3 Å². The molecular weight excluding hydrogens is 505 g/mol. The maximum atomic E-state index is 13.7. The largest absolute Gasteiger partial charge is 0.480 e. The summed E-state index contributed by atoms with van der Waals surface area (Å²) in [6.45, 7) is 4.56. The lowest BCUT2D eigenvalue weighted by Crippen LogP contribution is -2.41. The summed E-state index contributed by atoms with van der Waals surface area (Å²) < 4.78 is 0. The average Bonchev–Trinajstić information content (AvgIpc) is 3.53. The number of benzene rings is 2. The molecule has 3 aliphatic rings. The molecule has 6 nitrogen and oxygen atoms in total. The van der Waals surface area contributed by atoms with E-state index in [4.69, 9.17) is 28.2 Å². The zero-order valence-electron chi connectivity index (χ0n) is 19.3. The molecule has 2 aromatic rings. The number of nitrogens with zero attached hydrogens (tertiary/aromatic N) is 3. The van der Waals surface area contributed by atoms with Gasteiger partial charge in [-0.15, -0.1) is 0 Å². The van der Waals surface area contributed by atoms with Crippen molar-refractivity contribution in [1.29, 1.82) is 0 Å². The topological polar surface area (TPSA) is 73.2 Å². The molecule has 0 unspecified atom stereocenters. The number of allylic oxidation sites excluding steroid dienone is 1. The number of rotatable bonds is 5. The summed E-state index contributed by atoms with van der Waals surface area (Å²) in [6.07, 6.45) is 1.17. The van der Waals surface area contributed by atoms with Crippen LogP contribution in [-0.2, 0) is 9.59 Å². The summed E-state index contributed by atoms with van der Waals surface area (Å²) in [4.78, 5) is 34.7. The van der Waals surface area contributed by atoms with Gasteiger partial charge in [0.1, 0.15) is 17.0 Å². The number of carboxylic acids is 1. The van der Waals surface area contributed by atoms with E-state index in [1.54, 1.807) is 0 Å². The third-order valence-electron chi connectivity index (χ3n) is 6.68. The first-order valence-corrected chi connectivity index (χ1v) is 13.2. The second-order valence-corrected chi connectivity index (χ2v) is 11.1. The van der Waals surface area contributed by atoms with Gasteiger partial charge in [0.15, 0.2) is 5.17 Å². The van der Waals surface area contributed by atoms with Gasteiger partial charge in [0, 0.05) is 22.3 Å². The second-order valence-electron chi connectivity index (χ2n) is 9.24. The van der Waals surface area contributed by atoms with Crippen LogP contribution in [0, 0.1) is 5.92 Å². The minimum Gasteiger partial charge on any atom is -0.480 e. The Bertz CT molecular complexity index is 1230. The maximum Gasteiger partial charge on any atom is 0.326 e. The van der Waals surface area contributed by atoms with E-state index in [2.05, 4.69) is 18.7 Å². The average molecular weight is 530 g/mol. The smallest absolute Gasteiger partial charge is 0.326 e. The van der Waals surface area contributed by atoms with Gasteiger partial charge in [-0.2, -0.15) is 0 Å². The van der Waals surface area contributed by atoms with E-state index in [9.17, 15) is 14.7 Å². The Morgan fingerprint density at radius 1 is 1.03 bits per heavy atom. The number of likely N-dealkylation sites (tertiary alicyclic amines) is 1. The molecule has 182 valence electrons. The van der Waals surface area contributed by atoms with E-state index in [0.717, 1.165) is 22.0 Å². The normalized spacial score (nSPS) is 23.8. The number of fused-ring (bicyclic) bond motifs is 1. The lowest BCUT2D eigenvalue weighted by atomic mass is 9.92. The number of amidine groups is 1. The molecule has 2 aromatic carbocycles. The highest BCUT2D eigenvalue weighted by molar-refractivity contribution is 8.18. The van der Waals surface area contributed by atoms with Gasteiger partial charge in [-0.1, -0.05) is 61.3 Å². The third-order valence-corrected chi connectivity index (χ3v) is 8.26. The van der Waals surface area contributed by atoms with Crippen molar-refractivity contribution < 1.29 is 14.7 Å². The molecule has 0 aliphatic carbocycles. The molecule has 0 spiro atoms. The number of aliphatic imine (C=N–C) groups is 1. The number of hydrogen-bond donors (Lipinski definition) is 1. The zero-order chi connectivity index (χ0) is 24.9. The van der Waals surface area contributed by atoms with Crippen LogP contribution in [-0.4, -0.2) is 44.5 Å². The number of thioether (sulfide) groups is 1. The van der Waals surface area contributed by atoms with Gasteiger partial charge in [-0.25, -0.2) is 4.79 Å². The van der Waals surface area contributed by atoms with Crippen LogP contribution in [0.5, 0.6) is 0 Å².